The van der Waals surface area contributed by atoms with Crippen molar-refractivity contribution in [3.05, 3.63) is 41.3 Å². The number of hydrogen-bond donors (Lipinski definition) is 1. The molecule has 0 saturated carbocycles. The lowest BCUT2D eigenvalue weighted by molar-refractivity contribution is 0.0529. The van der Waals surface area contributed by atoms with Gasteiger partial charge in [-0.1, -0.05) is 6.07 Å². The molecule has 27 heavy (non-hydrogen) atoms. The molecule has 6 heteroatoms. The summed E-state index contributed by atoms with van der Waals surface area (Å²) in [5.41, 5.74) is 3.65. The summed E-state index contributed by atoms with van der Waals surface area (Å²) in [6, 6.07) is 4.51. The molecule has 2 aromatic heterocycles. The van der Waals surface area contributed by atoms with E-state index in [-0.39, 0.29) is 17.7 Å². The maximum Gasteiger partial charge on any atom is 0.128 e. The van der Waals surface area contributed by atoms with Gasteiger partial charge in [0.25, 0.3) is 0 Å². The molecule has 1 aliphatic heterocycles. The zero-order chi connectivity index (χ0) is 19.6. The van der Waals surface area contributed by atoms with Gasteiger partial charge in [-0.15, -0.1) is 0 Å². The second kappa shape index (κ2) is 7.98. The summed E-state index contributed by atoms with van der Waals surface area (Å²) in [6.07, 6.45) is 4.22. The van der Waals surface area contributed by atoms with Gasteiger partial charge in [0.1, 0.15) is 5.82 Å². The summed E-state index contributed by atoms with van der Waals surface area (Å²) in [6.45, 7) is 16.3. The number of nitrogens with zero attached hydrogens (tertiary/aromatic N) is 4. The number of nitrogens with one attached hydrogen (secondary N) is 1. The third-order valence-corrected chi connectivity index (χ3v) is 5.14. The molecule has 1 aliphatic rings. The fourth-order valence-electron chi connectivity index (χ4n) is 3.64. The zero-order valence-corrected chi connectivity index (χ0v) is 17.5. The van der Waals surface area contributed by atoms with Crippen molar-refractivity contribution < 1.29 is 4.74 Å². The molecule has 1 saturated heterocycles. The molecule has 0 spiro atoms. The van der Waals surface area contributed by atoms with Gasteiger partial charge >= 0.3 is 0 Å². The van der Waals surface area contributed by atoms with Crippen molar-refractivity contribution in [3.8, 4) is 0 Å². The first-order chi connectivity index (χ1) is 12.8. The Labute approximate surface area is 162 Å². The summed E-state index contributed by atoms with van der Waals surface area (Å²) in [4.78, 5) is 6.95. The highest BCUT2D eigenvalue weighted by molar-refractivity contribution is 5.40. The van der Waals surface area contributed by atoms with Crippen LogP contribution in [-0.2, 0) is 16.8 Å². The second-order valence-electron chi connectivity index (χ2n) is 8.52. The van der Waals surface area contributed by atoms with Gasteiger partial charge in [-0.05, 0) is 53.2 Å². The molecule has 1 fully saturated rings. The van der Waals surface area contributed by atoms with E-state index in [0.717, 1.165) is 32.1 Å². The van der Waals surface area contributed by atoms with Gasteiger partial charge in [0.05, 0.1) is 24.4 Å². The first kappa shape index (κ1) is 19.8. The SMILES string of the molecule is Cc1c(C(C)NCc2ccc(N3CCOC(C)C3)nc2)cnn1C(C)(C)C. The number of ether oxygens (including phenoxy) is 1. The minimum atomic E-state index is -0.00120. The molecule has 1 N–H and O–H groups in total. The third kappa shape index (κ3) is 4.68. The molecule has 0 bridgehead atoms. The van der Waals surface area contributed by atoms with E-state index < -0.39 is 0 Å². The van der Waals surface area contributed by atoms with E-state index in [1.165, 1.54) is 16.8 Å². The van der Waals surface area contributed by atoms with Crippen molar-refractivity contribution >= 4 is 5.82 Å². The fourth-order valence-corrected chi connectivity index (χ4v) is 3.64. The molecule has 0 amide bonds. The Morgan fingerprint density at radius 3 is 2.67 bits per heavy atom. The van der Waals surface area contributed by atoms with Crippen LogP contribution < -0.4 is 10.2 Å². The van der Waals surface area contributed by atoms with Crippen LogP contribution in [0.4, 0.5) is 5.82 Å². The third-order valence-electron chi connectivity index (χ3n) is 5.14. The van der Waals surface area contributed by atoms with Gasteiger partial charge in [0.15, 0.2) is 0 Å². The monoisotopic (exact) mass is 371 g/mol. The Balaban J connectivity index is 1.59. The van der Waals surface area contributed by atoms with E-state index >= 15 is 0 Å². The Morgan fingerprint density at radius 2 is 2.07 bits per heavy atom. The average molecular weight is 372 g/mol. The van der Waals surface area contributed by atoms with Crippen LogP contribution in [-0.4, -0.2) is 40.6 Å². The first-order valence-corrected chi connectivity index (χ1v) is 9.85. The molecule has 2 unspecified atom stereocenters. The van der Waals surface area contributed by atoms with Gasteiger partial charge in [-0.2, -0.15) is 5.10 Å². The van der Waals surface area contributed by atoms with Gasteiger partial charge in [-0.25, -0.2) is 4.98 Å². The van der Waals surface area contributed by atoms with Crippen molar-refractivity contribution in [2.75, 3.05) is 24.6 Å². The zero-order valence-electron chi connectivity index (χ0n) is 17.5. The normalized spacial score (nSPS) is 19.3. The van der Waals surface area contributed by atoms with Crippen molar-refractivity contribution in [2.24, 2.45) is 0 Å². The van der Waals surface area contributed by atoms with Gasteiger partial charge in [-0.3, -0.25) is 4.68 Å². The lowest BCUT2D eigenvalue weighted by atomic mass is 10.1. The number of hydrogen-bond acceptors (Lipinski definition) is 5. The van der Waals surface area contributed by atoms with E-state index in [4.69, 9.17) is 4.74 Å². The van der Waals surface area contributed by atoms with E-state index in [1.807, 2.05) is 12.4 Å². The molecule has 2 atom stereocenters. The maximum absolute atomic E-state index is 5.61. The number of pyridine rings is 1. The van der Waals surface area contributed by atoms with Gasteiger partial charge in [0.2, 0.25) is 0 Å². The van der Waals surface area contributed by atoms with E-state index in [2.05, 4.69) is 78.7 Å². The molecule has 3 heterocycles. The fraction of sp³-hybridized carbons (Fsp3) is 0.619. The topological polar surface area (TPSA) is 55.2 Å². The number of anilines is 1. The summed E-state index contributed by atoms with van der Waals surface area (Å²) in [7, 11) is 0. The summed E-state index contributed by atoms with van der Waals surface area (Å²) < 4.78 is 7.70. The largest absolute Gasteiger partial charge is 0.375 e. The first-order valence-electron chi connectivity index (χ1n) is 9.85. The molecule has 2 aromatic rings. The van der Waals surface area contributed by atoms with Gasteiger partial charge in [0, 0.05) is 43.1 Å². The van der Waals surface area contributed by atoms with Crippen molar-refractivity contribution in [3.63, 3.8) is 0 Å². The molecular formula is C21H33N5O. The second-order valence-corrected chi connectivity index (χ2v) is 8.52. The molecule has 148 valence electrons. The van der Waals surface area contributed by atoms with Crippen LogP contribution in [0.2, 0.25) is 0 Å². The van der Waals surface area contributed by atoms with Crippen LogP contribution in [0.1, 0.15) is 57.5 Å². The average Bonchev–Trinajstić information content (AvgIpc) is 3.02. The van der Waals surface area contributed by atoms with Crippen molar-refractivity contribution in [1.82, 2.24) is 20.1 Å². The van der Waals surface area contributed by atoms with Crippen molar-refractivity contribution in [1.29, 1.82) is 0 Å². The standard InChI is InChI=1S/C21H33N5O/c1-15-14-25(9-10-27-15)20-8-7-18(12-23-20)11-22-16(2)19-13-24-26(17(19)3)21(4,5)6/h7-8,12-13,15-16,22H,9-11,14H2,1-6H3. The molecule has 3 rings (SSSR count). The summed E-state index contributed by atoms with van der Waals surface area (Å²) in [5, 5.41) is 8.18. The molecule has 0 radical (unpaired) electrons. The lowest BCUT2D eigenvalue weighted by Gasteiger charge is -2.32. The Bertz CT molecular complexity index is 747. The molecule has 0 aromatic carbocycles. The maximum atomic E-state index is 5.61. The van der Waals surface area contributed by atoms with Crippen LogP contribution in [0.15, 0.2) is 24.5 Å². The Morgan fingerprint density at radius 1 is 1.30 bits per heavy atom. The molecular weight excluding hydrogens is 338 g/mol. The number of rotatable bonds is 5. The van der Waals surface area contributed by atoms with Gasteiger partial charge < -0.3 is 15.0 Å². The quantitative estimate of drug-likeness (QED) is 0.873. The highest BCUT2D eigenvalue weighted by Gasteiger charge is 2.21. The van der Waals surface area contributed by atoms with E-state index in [1.54, 1.807) is 0 Å². The number of aromatic nitrogens is 3. The van der Waals surface area contributed by atoms with Crippen LogP contribution in [0.3, 0.4) is 0 Å². The smallest absolute Gasteiger partial charge is 0.128 e. The summed E-state index contributed by atoms with van der Waals surface area (Å²) in [5.74, 6) is 1.03. The minimum Gasteiger partial charge on any atom is -0.375 e. The highest BCUT2D eigenvalue weighted by Crippen LogP contribution is 2.23. The van der Waals surface area contributed by atoms with E-state index in [0.29, 0.717) is 0 Å². The predicted octanol–water partition coefficient (Wildman–Crippen LogP) is 3.42. The van der Waals surface area contributed by atoms with Crippen LogP contribution in [0, 0.1) is 6.92 Å². The predicted molar refractivity (Wildman–Crippen MR) is 109 cm³/mol. The lowest BCUT2D eigenvalue weighted by Crippen LogP contribution is -2.41. The Kier molecular flexibility index (Phi) is 5.86. The Hall–Kier alpha value is -1.92. The number of morpholine rings is 1. The molecule has 6 nitrogen and oxygen atoms in total. The minimum absolute atomic E-state index is 0.00120. The summed E-state index contributed by atoms with van der Waals surface area (Å²) >= 11 is 0. The van der Waals surface area contributed by atoms with Crippen LogP contribution >= 0.6 is 0 Å². The van der Waals surface area contributed by atoms with E-state index in [9.17, 15) is 0 Å². The van der Waals surface area contributed by atoms with Crippen LogP contribution in [0.25, 0.3) is 0 Å². The highest BCUT2D eigenvalue weighted by atomic mass is 16.5. The molecule has 0 aliphatic carbocycles. The van der Waals surface area contributed by atoms with Crippen LogP contribution in [0.5, 0.6) is 0 Å². The van der Waals surface area contributed by atoms with Crippen molar-refractivity contribution in [2.45, 2.75) is 65.8 Å².